The lowest BCUT2D eigenvalue weighted by molar-refractivity contribution is 0.0579. The van der Waals surface area contributed by atoms with E-state index in [2.05, 4.69) is 35.8 Å². The molecule has 0 saturated carbocycles. The van der Waals surface area contributed by atoms with Gasteiger partial charge in [-0.05, 0) is 58.5 Å². The molecule has 0 aliphatic carbocycles. The Balaban J connectivity index is 2.05. The van der Waals surface area contributed by atoms with Crippen LogP contribution < -0.4 is 0 Å². The average Bonchev–Trinajstić information content (AvgIpc) is 2.94. The van der Waals surface area contributed by atoms with E-state index >= 15 is 0 Å². The zero-order chi connectivity index (χ0) is 14.5. The highest BCUT2D eigenvalue weighted by Crippen LogP contribution is 2.20. The average molecular weight is 295 g/mol. The van der Waals surface area contributed by atoms with Crippen LogP contribution in [-0.4, -0.2) is 74.0 Å². The normalized spacial score (nSPS) is 17.6. The molecule has 1 fully saturated rings. The number of likely N-dealkylation sites (tertiary alicyclic amines) is 1. The molecule has 20 heavy (non-hydrogen) atoms. The molecule has 2 heterocycles. The zero-order valence-corrected chi connectivity index (χ0v) is 13.5. The molecule has 4 nitrogen and oxygen atoms in total. The summed E-state index contributed by atoms with van der Waals surface area (Å²) in [5.41, 5.74) is 0. The molecular formula is C15H25N3OS. The number of rotatable bonds is 5. The lowest BCUT2D eigenvalue weighted by Gasteiger charge is -2.37. The van der Waals surface area contributed by atoms with Crippen molar-refractivity contribution in [2.24, 2.45) is 0 Å². The van der Waals surface area contributed by atoms with Crippen molar-refractivity contribution in [1.29, 1.82) is 0 Å². The van der Waals surface area contributed by atoms with E-state index in [0.717, 1.165) is 43.9 Å². The number of amides is 1. The lowest BCUT2D eigenvalue weighted by Crippen LogP contribution is -2.48. The van der Waals surface area contributed by atoms with Crippen molar-refractivity contribution in [3.8, 4) is 0 Å². The fourth-order valence-corrected chi connectivity index (χ4v) is 3.29. The van der Waals surface area contributed by atoms with E-state index in [4.69, 9.17) is 0 Å². The van der Waals surface area contributed by atoms with Crippen molar-refractivity contribution < 1.29 is 4.79 Å². The van der Waals surface area contributed by atoms with E-state index in [-0.39, 0.29) is 5.91 Å². The van der Waals surface area contributed by atoms with Gasteiger partial charge in [0.1, 0.15) is 0 Å². The first-order valence-electron chi connectivity index (χ1n) is 7.25. The summed E-state index contributed by atoms with van der Waals surface area (Å²) < 4.78 is 0. The van der Waals surface area contributed by atoms with Gasteiger partial charge in [-0.15, -0.1) is 11.3 Å². The van der Waals surface area contributed by atoms with Gasteiger partial charge in [0.25, 0.3) is 5.91 Å². The zero-order valence-electron chi connectivity index (χ0n) is 12.7. The lowest BCUT2D eigenvalue weighted by atomic mass is 10.0. The number of thiophene rings is 1. The van der Waals surface area contributed by atoms with Crippen molar-refractivity contribution in [3.05, 3.63) is 22.4 Å². The molecule has 0 radical (unpaired) electrons. The maximum Gasteiger partial charge on any atom is 0.264 e. The van der Waals surface area contributed by atoms with Gasteiger partial charge in [0.2, 0.25) is 0 Å². The van der Waals surface area contributed by atoms with Crippen LogP contribution in [0.2, 0.25) is 0 Å². The van der Waals surface area contributed by atoms with Crippen LogP contribution in [0.25, 0.3) is 0 Å². The first-order valence-corrected chi connectivity index (χ1v) is 8.13. The Hall–Kier alpha value is -0.910. The number of likely N-dealkylation sites (N-methyl/N-ethyl adjacent to an activating group) is 1. The topological polar surface area (TPSA) is 26.8 Å². The summed E-state index contributed by atoms with van der Waals surface area (Å²) in [6.45, 7) is 3.91. The maximum atomic E-state index is 12.7. The fourth-order valence-electron chi connectivity index (χ4n) is 2.61. The van der Waals surface area contributed by atoms with Gasteiger partial charge in [0.15, 0.2) is 0 Å². The highest BCUT2D eigenvalue weighted by molar-refractivity contribution is 7.12. The molecule has 0 unspecified atom stereocenters. The Labute approximate surface area is 126 Å². The summed E-state index contributed by atoms with van der Waals surface area (Å²) in [5.74, 6) is 0.205. The van der Waals surface area contributed by atoms with Crippen LogP contribution in [0, 0.1) is 0 Å². The molecule has 0 N–H and O–H groups in total. The minimum absolute atomic E-state index is 0.205. The van der Waals surface area contributed by atoms with E-state index in [9.17, 15) is 4.79 Å². The third-order valence-electron chi connectivity index (χ3n) is 3.91. The van der Waals surface area contributed by atoms with Crippen LogP contribution in [0.3, 0.4) is 0 Å². The van der Waals surface area contributed by atoms with Crippen LogP contribution in [0.1, 0.15) is 22.5 Å². The molecule has 1 saturated heterocycles. The summed E-state index contributed by atoms with van der Waals surface area (Å²) in [6.07, 6.45) is 2.17. The molecule has 1 aromatic rings. The van der Waals surface area contributed by atoms with E-state index in [1.54, 1.807) is 11.3 Å². The molecule has 0 spiro atoms. The first-order chi connectivity index (χ1) is 9.58. The smallest absolute Gasteiger partial charge is 0.264 e. The number of carbonyl (C=O) groups excluding carboxylic acids is 1. The van der Waals surface area contributed by atoms with Crippen molar-refractivity contribution in [1.82, 2.24) is 14.7 Å². The Morgan fingerprint density at radius 3 is 2.60 bits per heavy atom. The first kappa shape index (κ1) is 15.5. The van der Waals surface area contributed by atoms with Gasteiger partial charge >= 0.3 is 0 Å². The summed E-state index contributed by atoms with van der Waals surface area (Å²) in [6, 6.07) is 4.28. The van der Waals surface area contributed by atoms with Gasteiger partial charge in [0, 0.05) is 19.1 Å². The highest BCUT2D eigenvalue weighted by Gasteiger charge is 2.27. The SMILES string of the molecule is CN(C)CCN(C(=O)c1cccs1)C1CCN(C)CC1. The second-order valence-electron chi connectivity index (χ2n) is 5.81. The summed E-state index contributed by atoms with van der Waals surface area (Å²) in [7, 11) is 6.27. The van der Waals surface area contributed by atoms with Crippen LogP contribution in [0.4, 0.5) is 0 Å². The van der Waals surface area contributed by atoms with Crippen LogP contribution in [0.5, 0.6) is 0 Å². The number of hydrogen-bond acceptors (Lipinski definition) is 4. The second-order valence-corrected chi connectivity index (χ2v) is 6.76. The van der Waals surface area contributed by atoms with Gasteiger partial charge in [-0.3, -0.25) is 4.79 Å². The quantitative estimate of drug-likeness (QED) is 0.829. The van der Waals surface area contributed by atoms with Crippen molar-refractivity contribution in [2.75, 3.05) is 47.3 Å². The summed E-state index contributed by atoms with van der Waals surface area (Å²) in [4.78, 5) is 20.1. The molecular weight excluding hydrogens is 270 g/mol. The van der Waals surface area contributed by atoms with Gasteiger partial charge in [-0.1, -0.05) is 6.07 Å². The molecule has 0 aromatic carbocycles. The van der Waals surface area contributed by atoms with E-state index in [1.807, 2.05) is 17.5 Å². The molecule has 1 aliphatic rings. The highest BCUT2D eigenvalue weighted by atomic mass is 32.1. The Bertz CT molecular complexity index is 411. The minimum atomic E-state index is 0.205. The van der Waals surface area contributed by atoms with E-state index in [1.165, 1.54) is 0 Å². The maximum absolute atomic E-state index is 12.7. The van der Waals surface area contributed by atoms with Gasteiger partial charge in [-0.25, -0.2) is 0 Å². The largest absolute Gasteiger partial charge is 0.334 e. The molecule has 1 amide bonds. The van der Waals surface area contributed by atoms with E-state index < -0.39 is 0 Å². The number of carbonyl (C=O) groups is 1. The van der Waals surface area contributed by atoms with Gasteiger partial charge < -0.3 is 14.7 Å². The van der Waals surface area contributed by atoms with Crippen molar-refractivity contribution in [2.45, 2.75) is 18.9 Å². The molecule has 0 atom stereocenters. The molecule has 1 aliphatic heterocycles. The molecule has 112 valence electrons. The van der Waals surface area contributed by atoms with E-state index in [0.29, 0.717) is 6.04 Å². The molecule has 1 aromatic heterocycles. The van der Waals surface area contributed by atoms with Crippen molar-refractivity contribution >= 4 is 17.2 Å². The summed E-state index contributed by atoms with van der Waals surface area (Å²) in [5, 5.41) is 1.98. The molecule has 0 bridgehead atoms. The van der Waals surface area contributed by atoms with Crippen LogP contribution >= 0.6 is 11.3 Å². The number of piperidine rings is 1. The fraction of sp³-hybridized carbons (Fsp3) is 0.667. The predicted molar refractivity (Wildman–Crippen MR) is 84.4 cm³/mol. The van der Waals surface area contributed by atoms with Crippen molar-refractivity contribution in [3.63, 3.8) is 0 Å². The summed E-state index contributed by atoms with van der Waals surface area (Å²) >= 11 is 1.54. The monoisotopic (exact) mass is 295 g/mol. The second kappa shape index (κ2) is 7.20. The Kier molecular flexibility index (Phi) is 5.57. The Morgan fingerprint density at radius 1 is 1.35 bits per heavy atom. The van der Waals surface area contributed by atoms with Crippen LogP contribution in [0.15, 0.2) is 17.5 Å². The third kappa shape index (κ3) is 4.04. The number of nitrogens with zero attached hydrogens (tertiary/aromatic N) is 3. The minimum Gasteiger partial charge on any atom is -0.334 e. The van der Waals surface area contributed by atoms with Crippen LogP contribution in [-0.2, 0) is 0 Å². The molecule has 2 rings (SSSR count). The van der Waals surface area contributed by atoms with Gasteiger partial charge in [-0.2, -0.15) is 0 Å². The predicted octanol–water partition coefficient (Wildman–Crippen LogP) is 1.85. The third-order valence-corrected chi connectivity index (χ3v) is 4.77. The van der Waals surface area contributed by atoms with Gasteiger partial charge in [0.05, 0.1) is 4.88 Å². The standard InChI is InChI=1S/C15H25N3OS/c1-16(2)10-11-18(13-6-8-17(3)9-7-13)15(19)14-5-4-12-20-14/h4-5,12-13H,6-11H2,1-3H3. The Morgan fingerprint density at radius 2 is 2.05 bits per heavy atom. The number of hydrogen-bond donors (Lipinski definition) is 0. The molecule has 5 heteroatoms.